The lowest BCUT2D eigenvalue weighted by Crippen LogP contribution is -2.51. The van der Waals surface area contributed by atoms with Gasteiger partial charge in [-0.1, -0.05) is 0 Å². The first-order valence-corrected chi connectivity index (χ1v) is 12.7. The summed E-state index contributed by atoms with van der Waals surface area (Å²) in [4.78, 5) is 14.5. The molecule has 1 N–H and O–H groups in total. The molecule has 178 valence electrons. The van der Waals surface area contributed by atoms with Gasteiger partial charge in [0.05, 0.1) is 24.0 Å². The Labute approximate surface area is 187 Å². The first kappa shape index (κ1) is 23.4. The lowest BCUT2D eigenvalue weighted by atomic mass is 9.82. The average molecular weight is 473 g/mol. The smallest absolute Gasteiger partial charge is 0.260 e. The molecule has 32 heavy (non-hydrogen) atoms. The fraction of sp³-hybridized carbons (Fsp3) is 0.682. The molecule has 0 radical (unpaired) electrons. The normalized spacial score (nSPS) is 29.0. The van der Waals surface area contributed by atoms with Crippen molar-refractivity contribution >= 4 is 15.9 Å². The van der Waals surface area contributed by atoms with Crippen molar-refractivity contribution < 1.29 is 31.5 Å². The Morgan fingerprint density at radius 1 is 1.12 bits per heavy atom. The number of nitrogens with zero attached hydrogens (tertiary/aromatic N) is 1. The first-order valence-electron chi connectivity index (χ1n) is 11.2. The van der Waals surface area contributed by atoms with Gasteiger partial charge in [-0.15, -0.1) is 0 Å². The van der Waals surface area contributed by atoms with Gasteiger partial charge < -0.3 is 14.4 Å². The number of rotatable bonds is 3. The van der Waals surface area contributed by atoms with E-state index in [2.05, 4.69) is 4.72 Å². The number of halogens is 2. The van der Waals surface area contributed by atoms with Crippen LogP contribution >= 0.6 is 0 Å². The number of hydrogen-bond donors (Lipinski definition) is 1. The second-order valence-corrected chi connectivity index (χ2v) is 11.4. The van der Waals surface area contributed by atoms with E-state index in [0.29, 0.717) is 44.2 Å². The minimum atomic E-state index is -3.53. The van der Waals surface area contributed by atoms with Crippen molar-refractivity contribution in [2.24, 2.45) is 0 Å². The molecule has 1 aromatic rings. The van der Waals surface area contributed by atoms with Gasteiger partial charge in [-0.25, -0.2) is 21.9 Å². The van der Waals surface area contributed by atoms with Crippen molar-refractivity contribution in [3.8, 4) is 5.75 Å². The molecule has 1 saturated heterocycles. The molecule has 1 aromatic carbocycles. The summed E-state index contributed by atoms with van der Waals surface area (Å²) in [6.45, 7) is 3.34. The fourth-order valence-electron chi connectivity index (χ4n) is 4.88. The number of carbonyl (C=O) groups is 1. The molecule has 7 nitrogen and oxygen atoms in total. The van der Waals surface area contributed by atoms with Crippen LogP contribution in [0, 0.1) is 11.6 Å². The first-order chi connectivity index (χ1) is 15.2. The average Bonchev–Trinajstić information content (AvgIpc) is 3.12. The van der Waals surface area contributed by atoms with Gasteiger partial charge in [0.2, 0.25) is 10.0 Å². The van der Waals surface area contributed by atoms with Crippen molar-refractivity contribution in [1.82, 2.24) is 9.62 Å². The van der Waals surface area contributed by atoms with E-state index < -0.39 is 45.6 Å². The minimum absolute atomic E-state index is 0.0466. The summed E-state index contributed by atoms with van der Waals surface area (Å²) in [6.07, 6.45) is 3.21. The molecule has 2 fully saturated rings. The van der Waals surface area contributed by atoms with Crippen LogP contribution in [0.3, 0.4) is 0 Å². The molecule has 4 aliphatic rings. The maximum absolute atomic E-state index is 14.6. The van der Waals surface area contributed by atoms with E-state index in [4.69, 9.17) is 9.47 Å². The van der Waals surface area contributed by atoms with E-state index in [0.717, 1.165) is 6.07 Å². The van der Waals surface area contributed by atoms with E-state index in [1.807, 2.05) is 0 Å². The maximum Gasteiger partial charge on any atom is 0.260 e. The second kappa shape index (κ2) is 9.23. The van der Waals surface area contributed by atoms with Crippen LogP contribution in [-0.2, 0) is 19.6 Å². The highest BCUT2D eigenvalue weighted by Gasteiger charge is 2.41. The van der Waals surface area contributed by atoms with Gasteiger partial charge >= 0.3 is 0 Å². The predicted octanol–water partition coefficient (Wildman–Crippen LogP) is 2.70. The highest BCUT2D eigenvalue weighted by molar-refractivity contribution is 7.90. The number of amides is 1. The van der Waals surface area contributed by atoms with E-state index in [1.54, 1.807) is 18.7 Å². The van der Waals surface area contributed by atoms with E-state index >= 15 is 0 Å². The topological polar surface area (TPSA) is 84.9 Å². The Balaban J connectivity index is 1.62. The molecule has 0 aromatic heterocycles. The van der Waals surface area contributed by atoms with Crippen LogP contribution in [0.5, 0.6) is 5.75 Å². The third kappa shape index (κ3) is 4.77. The van der Waals surface area contributed by atoms with Crippen LogP contribution < -0.4 is 9.46 Å². The fourth-order valence-corrected chi connectivity index (χ4v) is 5.85. The summed E-state index contributed by atoms with van der Waals surface area (Å²) in [7, 11) is -3.53. The zero-order valence-electron chi connectivity index (χ0n) is 18.4. The summed E-state index contributed by atoms with van der Waals surface area (Å²) < 4.78 is 67.9. The Morgan fingerprint density at radius 2 is 1.84 bits per heavy atom. The number of hydrogen-bond acceptors (Lipinski definition) is 5. The van der Waals surface area contributed by atoms with E-state index in [1.165, 1.54) is 6.07 Å². The van der Waals surface area contributed by atoms with Crippen molar-refractivity contribution in [1.29, 1.82) is 0 Å². The van der Waals surface area contributed by atoms with Crippen LogP contribution in [0.25, 0.3) is 0 Å². The third-order valence-electron chi connectivity index (χ3n) is 6.80. The maximum atomic E-state index is 14.6. The van der Waals surface area contributed by atoms with Gasteiger partial charge in [-0.2, -0.15) is 0 Å². The molecule has 2 atom stereocenters. The lowest BCUT2D eigenvalue weighted by Gasteiger charge is -2.32. The number of sulfonamides is 1. The van der Waals surface area contributed by atoms with Gasteiger partial charge in [0.25, 0.3) is 5.91 Å². The van der Waals surface area contributed by atoms with Gasteiger partial charge in [-0.3, -0.25) is 4.79 Å². The number of ether oxygens (including phenoxy) is 2. The number of nitrogens with one attached hydrogen (secondary N) is 1. The van der Waals surface area contributed by atoms with Crippen molar-refractivity contribution in [2.45, 2.75) is 75.3 Å². The summed E-state index contributed by atoms with van der Waals surface area (Å²) >= 11 is 0. The second-order valence-electron chi connectivity index (χ2n) is 9.16. The molecular weight excluding hydrogens is 442 g/mol. The third-order valence-corrected chi connectivity index (χ3v) is 8.67. The number of carbonyl (C=O) groups excluding carboxylic acids is 1. The quantitative estimate of drug-likeness (QED) is 0.731. The molecule has 1 amide bonds. The zero-order chi connectivity index (χ0) is 23.0. The monoisotopic (exact) mass is 472 g/mol. The van der Waals surface area contributed by atoms with Crippen LogP contribution in [0.2, 0.25) is 0 Å². The molecule has 3 aliphatic heterocycles. The van der Waals surface area contributed by atoms with Gasteiger partial charge in [0.1, 0.15) is 5.82 Å². The summed E-state index contributed by atoms with van der Waals surface area (Å²) in [5.41, 5.74) is 0.452. The van der Waals surface area contributed by atoms with E-state index in [-0.39, 0.29) is 30.3 Å². The van der Waals surface area contributed by atoms with Crippen molar-refractivity contribution in [3.63, 3.8) is 0 Å². The molecule has 3 heterocycles. The molecule has 2 bridgehead atoms. The Kier molecular flexibility index (Phi) is 6.74. The highest BCUT2D eigenvalue weighted by Crippen LogP contribution is 2.40. The lowest BCUT2D eigenvalue weighted by molar-refractivity contribution is -0.136. The summed E-state index contributed by atoms with van der Waals surface area (Å²) in [5, 5.41) is -0.596. The number of benzene rings is 1. The SMILES string of the molecule is CC(C)S(=O)(=O)N[C@H]1CCN2C(=O)COc3c(F)cc(F)cc3C3CCC(CC3)OCC12. The summed E-state index contributed by atoms with van der Waals surface area (Å²) in [5.74, 6) is -2.01. The van der Waals surface area contributed by atoms with Crippen LogP contribution in [0.4, 0.5) is 8.78 Å². The molecule has 5 rings (SSSR count). The largest absolute Gasteiger partial charge is 0.480 e. The molecule has 1 unspecified atom stereocenters. The molecule has 1 saturated carbocycles. The highest BCUT2D eigenvalue weighted by atomic mass is 32.2. The van der Waals surface area contributed by atoms with Gasteiger partial charge in [0, 0.05) is 24.2 Å². The Hall–Kier alpha value is -1.78. The van der Waals surface area contributed by atoms with Crippen molar-refractivity contribution in [2.75, 3.05) is 19.8 Å². The standard InChI is InChI=1S/C22H30F2N2O5S/c1-13(2)32(28,29)25-19-7-8-26-20(19)11-30-16-5-3-14(4-6-16)17-9-15(23)10-18(24)22(17)31-12-21(26)27/h9-10,13-14,16,19-20,25H,3-8,11-12H2,1-2H3/t14?,16?,19-,20?/m0/s1. The van der Waals surface area contributed by atoms with E-state index in [9.17, 15) is 22.0 Å². The van der Waals surface area contributed by atoms with Gasteiger partial charge in [0.15, 0.2) is 18.2 Å². The predicted molar refractivity (Wildman–Crippen MR) is 114 cm³/mol. The molecule has 1 aliphatic carbocycles. The zero-order valence-corrected chi connectivity index (χ0v) is 19.2. The van der Waals surface area contributed by atoms with Crippen LogP contribution in [0.15, 0.2) is 12.1 Å². The van der Waals surface area contributed by atoms with Crippen LogP contribution in [0.1, 0.15) is 57.4 Å². The Bertz CT molecular complexity index is 963. The van der Waals surface area contributed by atoms with Crippen molar-refractivity contribution in [3.05, 3.63) is 29.3 Å². The van der Waals surface area contributed by atoms with Crippen LogP contribution in [-0.4, -0.2) is 62.4 Å². The Morgan fingerprint density at radius 3 is 2.53 bits per heavy atom. The summed E-state index contributed by atoms with van der Waals surface area (Å²) in [6, 6.07) is 1.12. The minimum Gasteiger partial charge on any atom is -0.480 e. The molecule has 0 spiro atoms. The van der Waals surface area contributed by atoms with Gasteiger partial charge in [-0.05, 0) is 57.9 Å². The molecular formula is C22H30F2N2O5S. The number of fused-ring (bicyclic) bond motifs is 5. The molecule has 10 heteroatoms.